The van der Waals surface area contributed by atoms with E-state index in [1.165, 1.54) is 13.2 Å². The highest BCUT2D eigenvalue weighted by Crippen LogP contribution is 2.35. The highest BCUT2D eigenvalue weighted by Gasteiger charge is 2.37. The van der Waals surface area contributed by atoms with Crippen molar-refractivity contribution in [2.75, 3.05) is 14.2 Å². The highest BCUT2D eigenvalue weighted by atomic mass is 19.4. The van der Waals surface area contributed by atoms with E-state index in [1.807, 2.05) is 33.8 Å². The van der Waals surface area contributed by atoms with Gasteiger partial charge in [0, 0.05) is 12.7 Å². The molecule has 2 aromatic heterocycles. The number of fused-ring (bicyclic) bond motifs is 1. The quantitative estimate of drug-likeness (QED) is 0.638. The van der Waals surface area contributed by atoms with Crippen LogP contribution in [0.2, 0.25) is 0 Å². The predicted octanol–water partition coefficient (Wildman–Crippen LogP) is 4.73. The molecule has 2 heterocycles. The lowest BCUT2D eigenvalue weighted by Crippen LogP contribution is -2.19. The van der Waals surface area contributed by atoms with Crippen molar-refractivity contribution >= 4 is 5.65 Å². The Balaban J connectivity index is 0.00000136. The number of halogens is 3. The SMILES string of the molecule is CC.COc1cc(C(C)(C)OC)ccc1-c1ccc2nnc(C(F)(F)F)n2n1. The first kappa shape index (κ1) is 21.6. The van der Waals surface area contributed by atoms with Gasteiger partial charge in [-0.1, -0.05) is 19.9 Å². The van der Waals surface area contributed by atoms with Crippen molar-refractivity contribution in [3.63, 3.8) is 0 Å². The maximum absolute atomic E-state index is 13.1. The molecular formula is C19H23F3N4O2. The molecule has 0 unspecified atom stereocenters. The highest BCUT2D eigenvalue weighted by molar-refractivity contribution is 5.68. The molecule has 0 aliphatic carbocycles. The second kappa shape index (κ2) is 8.14. The fourth-order valence-electron chi connectivity index (χ4n) is 2.50. The number of nitrogens with zero attached hydrogens (tertiary/aromatic N) is 4. The van der Waals surface area contributed by atoms with E-state index in [2.05, 4.69) is 15.3 Å². The number of benzene rings is 1. The van der Waals surface area contributed by atoms with Gasteiger partial charge in [-0.15, -0.1) is 10.2 Å². The maximum Gasteiger partial charge on any atom is 0.453 e. The van der Waals surface area contributed by atoms with Crippen molar-refractivity contribution in [3.05, 3.63) is 41.7 Å². The van der Waals surface area contributed by atoms with E-state index in [9.17, 15) is 13.2 Å². The van der Waals surface area contributed by atoms with E-state index in [0.717, 1.165) is 5.56 Å². The molecule has 0 radical (unpaired) electrons. The Morgan fingerprint density at radius 2 is 1.64 bits per heavy atom. The second-order valence-corrected chi connectivity index (χ2v) is 6.14. The van der Waals surface area contributed by atoms with Gasteiger partial charge in [0.05, 0.1) is 18.4 Å². The van der Waals surface area contributed by atoms with Gasteiger partial charge < -0.3 is 9.47 Å². The van der Waals surface area contributed by atoms with Gasteiger partial charge in [-0.25, -0.2) is 0 Å². The Labute approximate surface area is 161 Å². The summed E-state index contributed by atoms with van der Waals surface area (Å²) in [5.41, 5.74) is 1.19. The van der Waals surface area contributed by atoms with Crippen molar-refractivity contribution in [1.29, 1.82) is 0 Å². The average Bonchev–Trinajstić information content (AvgIpc) is 3.12. The van der Waals surface area contributed by atoms with Crippen LogP contribution in [0.3, 0.4) is 0 Å². The van der Waals surface area contributed by atoms with Crippen LogP contribution in [0.1, 0.15) is 39.1 Å². The van der Waals surface area contributed by atoms with E-state index in [-0.39, 0.29) is 5.65 Å². The maximum atomic E-state index is 13.1. The van der Waals surface area contributed by atoms with Crippen molar-refractivity contribution in [3.8, 4) is 17.0 Å². The molecule has 9 heteroatoms. The molecule has 0 saturated heterocycles. The third kappa shape index (κ3) is 4.09. The van der Waals surface area contributed by atoms with Crippen LogP contribution < -0.4 is 4.74 Å². The van der Waals surface area contributed by atoms with Crippen LogP contribution in [0.25, 0.3) is 16.9 Å². The van der Waals surface area contributed by atoms with Gasteiger partial charge in [-0.3, -0.25) is 0 Å². The van der Waals surface area contributed by atoms with Crippen LogP contribution in [0, 0.1) is 0 Å². The summed E-state index contributed by atoms with van der Waals surface area (Å²) in [6.45, 7) is 7.80. The van der Waals surface area contributed by atoms with Crippen LogP contribution in [-0.2, 0) is 16.5 Å². The second-order valence-electron chi connectivity index (χ2n) is 6.14. The Morgan fingerprint density at radius 3 is 2.21 bits per heavy atom. The average molecular weight is 396 g/mol. The first-order valence-corrected chi connectivity index (χ1v) is 8.71. The Hall–Kier alpha value is -2.68. The van der Waals surface area contributed by atoms with E-state index in [4.69, 9.17) is 9.47 Å². The van der Waals surface area contributed by atoms with E-state index in [1.54, 1.807) is 25.3 Å². The summed E-state index contributed by atoms with van der Waals surface area (Å²) in [6, 6.07) is 8.34. The van der Waals surface area contributed by atoms with Crippen molar-refractivity contribution in [1.82, 2.24) is 19.8 Å². The molecule has 6 nitrogen and oxygen atoms in total. The van der Waals surface area contributed by atoms with Gasteiger partial charge in [0.15, 0.2) is 5.65 Å². The number of rotatable bonds is 4. The normalized spacial score (nSPS) is 11.9. The molecular weight excluding hydrogens is 373 g/mol. The number of hydrogen-bond acceptors (Lipinski definition) is 5. The smallest absolute Gasteiger partial charge is 0.453 e. The van der Waals surface area contributed by atoms with Crippen molar-refractivity contribution in [2.45, 2.75) is 39.5 Å². The predicted molar refractivity (Wildman–Crippen MR) is 99.2 cm³/mol. The summed E-state index contributed by atoms with van der Waals surface area (Å²) < 4.78 is 50.7. The number of alkyl halides is 3. The molecule has 0 atom stereocenters. The molecule has 152 valence electrons. The van der Waals surface area contributed by atoms with E-state index in [0.29, 0.717) is 21.5 Å². The molecule has 1 aromatic carbocycles. The molecule has 0 fully saturated rings. The number of aromatic nitrogens is 4. The van der Waals surface area contributed by atoms with Gasteiger partial charge in [-0.05, 0) is 43.7 Å². The van der Waals surface area contributed by atoms with E-state index < -0.39 is 17.6 Å². The third-order valence-electron chi connectivity index (χ3n) is 4.20. The van der Waals surface area contributed by atoms with Gasteiger partial charge in [0.25, 0.3) is 5.82 Å². The molecule has 28 heavy (non-hydrogen) atoms. The lowest BCUT2D eigenvalue weighted by Gasteiger charge is -2.24. The van der Waals surface area contributed by atoms with Crippen LogP contribution >= 0.6 is 0 Å². The first-order valence-electron chi connectivity index (χ1n) is 8.71. The third-order valence-corrected chi connectivity index (χ3v) is 4.20. The minimum absolute atomic E-state index is 0.0113. The summed E-state index contributed by atoms with van der Waals surface area (Å²) in [5, 5.41) is 10.7. The monoisotopic (exact) mass is 396 g/mol. The van der Waals surface area contributed by atoms with Crippen LogP contribution in [0.5, 0.6) is 5.75 Å². The van der Waals surface area contributed by atoms with Gasteiger partial charge in [0.1, 0.15) is 5.75 Å². The lowest BCUT2D eigenvalue weighted by atomic mass is 9.95. The number of hydrogen-bond donors (Lipinski definition) is 0. The number of ether oxygens (including phenoxy) is 2. The zero-order chi connectivity index (χ0) is 21.1. The summed E-state index contributed by atoms with van der Waals surface area (Å²) in [6.07, 6.45) is -4.65. The van der Waals surface area contributed by atoms with Gasteiger partial charge >= 0.3 is 6.18 Å². The van der Waals surface area contributed by atoms with Crippen molar-refractivity contribution < 1.29 is 22.6 Å². The number of methoxy groups -OCH3 is 2. The van der Waals surface area contributed by atoms with Crippen LogP contribution in [0.4, 0.5) is 13.2 Å². The standard InChI is InChI=1S/C17H17F3N4O2.C2H6/c1-16(2,26-4)10-5-6-11(13(9-10)25-3)12-7-8-14-21-22-15(17(18,19)20)24(14)23-12;1-2/h5-9H,1-4H3;1-2H3. The zero-order valence-corrected chi connectivity index (χ0v) is 16.6. The van der Waals surface area contributed by atoms with Crippen molar-refractivity contribution in [2.24, 2.45) is 0 Å². The molecule has 3 aromatic rings. The zero-order valence-electron chi connectivity index (χ0n) is 16.6. The molecule has 0 saturated carbocycles. The summed E-state index contributed by atoms with van der Waals surface area (Å²) in [5.74, 6) is -0.702. The molecule has 0 aliphatic heterocycles. The Morgan fingerprint density at radius 1 is 0.964 bits per heavy atom. The fourth-order valence-corrected chi connectivity index (χ4v) is 2.50. The summed E-state index contributed by atoms with van der Waals surface area (Å²) in [4.78, 5) is 0. The minimum atomic E-state index is -4.65. The minimum Gasteiger partial charge on any atom is -0.496 e. The molecule has 0 spiro atoms. The molecule has 3 rings (SSSR count). The first-order chi connectivity index (χ1) is 13.2. The molecule has 0 N–H and O–H groups in total. The Kier molecular flexibility index (Phi) is 6.28. The molecule has 0 bridgehead atoms. The molecule has 0 aliphatic rings. The van der Waals surface area contributed by atoms with Crippen LogP contribution in [0.15, 0.2) is 30.3 Å². The Bertz CT molecular complexity index is 952. The van der Waals surface area contributed by atoms with Crippen LogP contribution in [-0.4, -0.2) is 34.0 Å². The van der Waals surface area contributed by atoms with Gasteiger partial charge in [0.2, 0.25) is 0 Å². The lowest BCUT2D eigenvalue weighted by molar-refractivity contribution is -0.146. The van der Waals surface area contributed by atoms with E-state index >= 15 is 0 Å². The summed E-state index contributed by atoms with van der Waals surface area (Å²) >= 11 is 0. The summed E-state index contributed by atoms with van der Waals surface area (Å²) in [7, 11) is 3.08. The largest absolute Gasteiger partial charge is 0.496 e. The van der Waals surface area contributed by atoms with Gasteiger partial charge in [-0.2, -0.15) is 22.8 Å². The molecule has 0 amide bonds. The topological polar surface area (TPSA) is 61.5 Å². The fraction of sp³-hybridized carbons (Fsp3) is 0.421.